The first-order chi connectivity index (χ1) is 7.59. The first kappa shape index (κ1) is 13.9. The molecule has 3 nitrogen and oxygen atoms in total. The van der Waals surface area contributed by atoms with E-state index in [4.69, 9.17) is 0 Å². The van der Waals surface area contributed by atoms with Crippen LogP contribution in [0.3, 0.4) is 0 Å². The van der Waals surface area contributed by atoms with Crippen LogP contribution in [0.5, 0.6) is 0 Å². The third-order valence-electron chi connectivity index (χ3n) is 3.34. The van der Waals surface area contributed by atoms with Crippen molar-refractivity contribution in [2.24, 2.45) is 0 Å². The van der Waals surface area contributed by atoms with Gasteiger partial charge in [-0.15, -0.1) is 0 Å². The van der Waals surface area contributed by atoms with Crippen LogP contribution in [-0.4, -0.2) is 47.8 Å². The lowest BCUT2D eigenvalue weighted by Gasteiger charge is -2.36. The first-order valence-corrected chi connectivity index (χ1v) is 6.75. The summed E-state index contributed by atoms with van der Waals surface area (Å²) in [5.41, 5.74) is 0. The van der Waals surface area contributed by atoms with Crippen LogP contribution < -0.4 is 5.32 Å². The van der Waals surface area contributed by atoms with Crippen molar-refractivity contribution in [3.8, 4) is 0 Å². The fourth-order valence-corrected chi connectivity index (χ4v) is 2.31. The highest BCUT2D eigenvalue weighted by molar-refractivity contribution is 4.79. The van der Waals surface area contributed by atoms with E-state index in [0.29, 0.717) is 12.1 Å². The summed E-state index contributed by atoms with van der Waals surface area (Å²) in [6.45, 7) is 9.62. The molecule has 0 aliphatic carbocycles. The van der Waals surface area contributed by atoms with E-state index < -0.39 is 0 Å². The molecular weight excluding hydrogens is 200 g/mol. The second-order valence-electron chi connectivity index (χ2n) is 5.39. The molecule has 2 atom stereocenters. The van der Waals surface area contributed by atoms with Crippen LogP contribution in [0.4, 0.5) is 0 Å². The van der Waals surface area contributed by atoms with E-state index in [1.165, 1.54) is 25.8 Å². The Kier molecular flexibility index (Phi) is 6.32. The monoisotopic (exact) mass is 228 g/mol. The van der Waals surface area contributed by atoms with Crippen LogP contribution in [0, 0.1) is 0 Å². The molecule has 3 heteroatoms. The quantitative estimate of drug-likeness (QED) is 0.725. The molecule has 2 N–H and O–H groups in total. The molecule has 1 saturated heterocycles. The lowest BCUT2D eigenvalue weighted by molar-refractivity contribution is 0.108. The van der Waals surface area contributed by atoms with Crippen LogP contribution in [0.2, 0.25) is 0 Å². The second kappa shape index (κ2) is 7.25. The van der Waals surface area contributed by atoms with Crippen LogP contribution in [0.25, 0.3) is 0 Å². The van der Waals surface area contributed by atoms with Crippen molar-refractivity contribution in [1.82, 2.24) is 10.2 Å². The summed E-state index contributed by atoms with van der Waals surface area (Å²) in [6, 6.07) is 1.25. The Balaban J connectivity index is 2.31. The number of aliphatic hydroxyl groups is 1. The van der Waals surface area contributed by atoms with Gasteiger partial charge in [-0.1, -0.05) is 20.3 Å². The van der Waals surface area contributed by atoms with Crippen LogP contribution in [0.1, 0.15) is 46.5 Å². The van der Waals surface area contributed by atoms with Crippen molar-refractivity contribution in [3.63, 3.8) is 0 Å². The first-order valence-electron chi connectivity index (χ1n) is 6.75. The molecule has 0 saturated carbocycles. The Hall–Kier alpha value is -0.120. The summed E-state index contributed by atoms with van der Waals surface area (Å²) < 4.78 is 0. The molecule has 0 spiro atoms. The maximum atomic E-state index is 9.35. The fourth-order valence-electron chi connectivity index (χ4n) is 2.31. The molecule has 0 aromatic rings. The zero-order chi connectivity index (χ0) is 12.0. The molecule has 1 rings (SSSR count). The normalized spacial score (nSPS) is 24.9. The molecule has 16 heavy (non-hydrogen) atoms. The summed E-state index contributed by atoms with van der Waals surface area (Å²) in [4.78, 5) is 2.55. The second-order valence-corrected chi connectivity index (χ2v) is 5.39. The lowest BCUT2D eigenvalue weighted by Crippen LogP contribution is -2.47. The number of nitrogens with zero attached hydrogens (tertiary/aromatic N) is 1. The Bertz CT molecular complexity index is 163. The summed E-state index contributed by atoms with van der Waals surface area (Å²) >= 11 is 0. The molecule has 0 aromatic carbocycles. The van der Waals surface area contributed by atoms with Gasteiger partial charge >= 0.3 is 0 Å². The summed E-state index contributed by atoms with van der Waals surface area (Å²) in [6.07, 6.45) is 4.71. The lowest BCUT2D eigenvalue weighted by atomic mass is 10.0. The highest BCUT2D eigenvalue weighted by atomic mass is 16.3. The minimum absolute atomic E-state index is 0.166. The highest BCUT2D eigenvalue weighted by Gasteiger charge is 2.21. The third kappa shape index (κ3) is 5.28. The van der Waals surface area contributed by atoms with Gasteiger partial charge in [0.15, 0.2) is 0 Å². The molecule has 1 aliphatic heterocycles. The molecule has 0 bridgehead atoms. The molecule has 1 fully saturated rings. The predicted octanol–water partition coefficient (Wildman–Crippen LogP) is 1.61. The maximum absolute atomic E-state index is 9.35. The molecule has 96 valence electrons. The van der Waals surface area contributed by atoms with Crippen LogP contribution in [0.15, 0.2) is 0 Å². The fraction of sp³-hybridized carbons (Fsp3) is 1.00. The van der Waals surface area contributed by atoms with E-state index >= 15 is 0 Å². The standard InChI is InChI=1S/C13H28N2O/c1-11(2)14-10-13-6-4-5-8-15(13)9-7-12(3)16/h11-14,16H,4-10H2,1-3H3. The Morgan fingerprint density at radius 1 is 1.31 bits per heavy atom. The molecule has 1 heterocycles. The van der Waals surface area contributed by atoms with Gasteiger partial charge in [-0.25, -0.2) is 0 Å². The van der Waals surface area contributed by atoms with Gasteiger partial charge in [0.1, 0.15) is 0 Å². The minimum Gasteiger partial charge on any atom is -0.393 e. The molecule has 2 unspecified atom stereocenters. The summed E-state index contributed by atoms with van der Waals surface area (Å²) in [7, 11) is 0. The third-order valence-corrected chi connectivity index (χ3v) is 3.34. The topological polar surface area (TPSA) is 35.5 Å². The smallest absolute Gasteiger partial charge is 0.0524 e. The average molecular weight is 228 g/mol. The van der Waals surface area contributed by atoms with Gasteiger partial charge in [-0.2, -0.15) is 0 Å². The van der Waals surface area contributed by atoms with Crippen LogP contribution in [-0.2, 0) is 0 Å². The molecule has 0 amide bonds. The van der Waals surface area contributed by atoms with E-state index in [2.05, 4.69) is 24.1 Å². The van der Waals surface area contributed by atoms with Gasteiger partial charge in [-0.3, -0.25) is 4.90 Å². The van der Waals surface area contributed by atoms with E-state index in [0.717, 1.165) is 19.5 Å². The number of nitrogens with one attached hydrogen (secondary N) is 1. The number of rotatable bonds is 6. The molecular formula is C13H28N2O. The Labute approximate surface area is 100 Å². The zero-order valence-electron chi connectivity index (χ0n) is 11.1. The van der Waals surface area contributed by atoms with E-state index in [1.54, 1.807) is 0 Å². The van der Waals surface area contributed by atoms with Crippen molar-refractivity contribution < 1.29 is 5.11 Å². The van der Waals surface area contributed by atoms with Crippen molar-refractivity contribution in [2.75, 3.05) is 19.6 Å². The number of likely N-dealkylation sites (tertiary alicyclic amines) is 1. The van der Waals surface area contributed by atoms with Gasteiger partial charge < -0.3 is 10.4 Å². The highest BCUT2D eigenvalue weighted by Crippen LogP contribution is 2.17. The van der Waals surface area contributed by atoms with Crippen molar-refractivity contribution in [1.29, 1.82) is 0 Å². The van der Waals surface area contributed by atoms with Gasteiger partial charge in [-0.05, 0) is 32.7 Å². The van der Waals surface area contributed by atoms with Crippen LogP contribution >= 0.6 is 0 Å². The van der Waals surface area contributed by atoms with E-state index in [1.807, 2.05) is 6.92 Å². The zero-order valence-corrected chi connectivity index (χ0v) is 11.1. The number of hydrogen-bond acceptors (Lipinski definition) is 3. The van der Waals surface area contributed by atoms with Gasteiger partial charge in [0.2, 0.25) is 0 Å². The molecule has 1 aliphatic rings. The Morgan fingerprint density at radius 3 is 2.69 bits per heavy atom. The average Bonchev–Trinajstić information content (AvgIpc) is 2.24. The van der Waals surface area contributed by atoms with Gasteiger partial charge in [0.25, 0.3) is 0 Å². The van der Waals surface area contributed by atoms with Gasteiger partial charge in [0.05, 0.1) is 6.10 Å². The molecule has 0 aromatic heterocycles. The Morgan fingerprint density at radius 2 is 2.06 bits per heavy atom. The van der Waals surface area contributed by atoms with Crippen molar-refractivity contribution in [3.05, 3.63) is 0 Å². The van der Waals surface area contributed by atoms with E-state index in [9.17, 15) is 5.11 Å². The summed E-state index contributed by atoms with van der Waals surface area (Å²) in [5, 5.41) is 12.9. The summed E-state index contributed by atoms with van der Waals surface area (Å²) in [5.74, 6) is 0. The SMILES string of the molecule is CC(O)CCN1CCCCC1CNC(C)C. The van der Waals surface area contributed by atoms with E-state index in [-0.39, 0.29) is 6.10 Å². The largest absolute Gasteiger partial charge is 0.393 e. The van der Waals surface area contributed by atoms with Crippen molar-refractivity contribution in [2.45, 2.75) is 64.6 Å². The minimum atomic E-state index is -0.166. The van der Waals surface area contributed by atoms with Gasteiger partial charge in [0, 0.05) is 25.2 Å². The predicted molar refractivity (Wildman–Crippen MR) is 68.6 cm³/mol. The molecule has 0 radical (unpaired) electrons. The van der Waals surface area contributed by atoms with Crippen molar-refractivity contribution >= 4 is 0 Å². The number of aliphatic hydroxyl groups excluding tert-OH is 1. The number of piperidine rings is 1. The number of hydrogen-bond donors (Lipinski definition) is 2. The maximum Gasteiger partial charge on any atom is 0.0524 e.